The second-order valence-corrected chi connectivity index (χ2v) is 3.71. The summed E-state index contributed by atoms with van der Waals surface area (Å²) in [5, 5.41) is 0. The van der Waals surface area contributed by atoms with Crippen LogP contribution in [0.5, 0.6) is 0 Å². The van der Waals surface area contributed by atoms with Crippen molar-refractivity contribution in [3.05, 3.63) is 0 Å². The Bertz CT molecular complexity index is 155. The molecule has 1 rings (SSSR count). The molecule has 0 radical (unpaired) electrons. The molecule has 0 fully saturated rings. The van der Waals surface area contributed by atoms with E-state index >= 15 is 0 Å². The Hall–Kier alpha value is 0.0400. The summed E-state index contributed by atoms with van der Waals surface area (Å²) in [4.78, 5) is 14.4. The Morgan fingerprint density at radius 1 is 1.78 bits per heavy atom. The van der Waals surface area contributed by atoms with Crippen molar-refractivity contribution in [2.75, 3.05) is 12.0 Å². The van der Waals surface area contributed by atoms with Crippen LogP contribution in [0.2, 0.25) is 0 Å². The van der Waals surface area contributed by atoms with E-state index in [-0.39, 0.29) is 5.91 Å². The summed E-state index contributed by atoms with van der Waals surface area (Å²) in [6.45, 7) is 0. The second-order valence-electron chi connectivity index (χ2n) is 1.57. The van der Waals surface area contributed by atoms with E-state index in [2.05, 4.69) is 4.99 Å². The van der Waals surface area contributed by atoms with Gasteiger partial charge in [0.25, 0.3) is 0 Å². The van der Waals surface area contributed by atoms with Crippen LogP contribution >= 0.6 is 23.5 Å². The van der Waals surface area contributed by atoms with Crippen LogP contribution in [0.15, 0.2) is 4.99 Å². The van der Waals surface area contributed by atoms with Gasteiger partial charge in [-0.3, -0.25) is 4.79 Å². The lowest BCUT2D eigenvalue weighted by atomic mass is 10.5. The molecule has 0 bridgehead atoms. The molecular weight excluding hydrogens is 154 g/mol. The van der Waals surface area contributed by atoms with Crippen LogP contribution in [0, 0.1) is 0 Å². The normalized spacial score (nSPS) is 19.7. The van der Waals surface area contributed by atoms with Gasteiger partial charge in [-0.05, 0) is 6.26 Å². The summed E-state index contributed by atoms with van der Waals surface area (Å²) in [7, 11) is 0. The first-order valence-corrected chi connectivity index (χ1v) is 4.82. The van der Waals surface area contributed by atoms with E-state index in [4.69, 9.17) is 0 Å². The van der Waals surface area contributed by atoms with Gasteiger partial charge in [-0.1, -0.05) is 11.8 Å². The Morgan fingerprint density at radius 3 is 3.00 bits per heavy atom. The van der Waals surface area contributed by atoms with Gasteiger partial charge in [-0.15, -0.1) is 11.8 Å². The number of hydrogen-bond acceptors (Lipinski definition) is 3. The van der Waals surface area contributed by atoms with Gasteiger partial charge in [-0.2, -0.15) is 4.99 Å². The van der Waals surface area contributed by atoms with E-state index in [1.54, 1.807) is 23.5 Å². The highest BCUT2D eigenvalue weighted by Gasteiger charge is 2.09. The Morgan fingerprint density at radius 2 is 2.56 bits per heavy atom. The predicted octanol–water partition coefficient (Wildman–Crippen LogP) is 1.37. The molecule has 0 unspecified atom stereocenters. The first-order valence-electron chi connectivity index (χ1n) is 2.61. The van der Waals surface area contributed by atoms with E-state index in [0.29, 0.717) is 6.42 Å². The molecule has 1 aliphatic rings. The van der Waals surface area contributed by atoms with Crippen molar-refractivity contribution in [1.82, 2.24) is 0 Å². The highest BCUT2D eigenvalue weighted by molar-refractivity contribution is 8.38. The van der Waals surface area contributed by atoms with E-state index in [0.717, 1.165) is 10.1 Å². The largest absolute Gasteiger partial charge is 0.273 e. The molecule has 0 saturated carbocycles. The zero-order chi connectivity index (χ0) is 6.69. The Kier molecular flexibility index (Phi) is 2.60. The topological polar surface area (TPSA) is 29.4 Å². The fourth-order valence-corrected chi connectivity index (χ4v) is 2.05. The van der Waals surface area contributed by atoms with Crippen LogP contribution in [-0.4, -0.2) is 22.3 Å². The van der Waals surface area contributed by atoms with Crippen molar-refractivity contribution < 1.29 is 4.79 Å². The number of hydrogen-bond donors (Lipinski definition) is 0. The van der Waals surface area contributed by atoms with Crippen molar-refractivity contribution in [3.8, 4) is 0 Å². The predicted molar refractivity (Wildman–Crippen MR) is 43.0 cm³/mol. The first kappa shape index (κ1) is 7.15. The summed E-state index contributed by atoms with van der Waals surface area (Å²) in [5.74, 6) is 0.927. The lowest BCUT2D eigenvalue weighted by Crippen LogP contribution is -2.05. The summed E-state index contributed by atoms with van der Waals surface area (Å²) in [6, 6.07) is 0. The van der Waals surface area contributed by atoms with Gasteiger partial charge in [0, 0.05) is 12.2 Å². The molecule has 1 amide bonds. The average molecular weight is 161 g/mol. The zero-order valence-corrected chi connectivity index (χ0v) is 6.72. The molecule has 0 aromatic heterocycles. The van der Waals surface area contributed by atoms with Crippen molar-refractivity contribution in [2.24, 2.45) is 4.99 Å². The minimum Gasteiger partial charge on any atom is -0.273 e. The SMILES string of the molecule is CSC1=NC(=O)CCS1. The van der Waals surface area contributed by atoms with Crippen molar-refractivity contribution in [2.45, 2.75) is 6.42 Å². The van der Waals surface area contributed by atoms with Crippen LogP contribution in [0.25, 0.3) is 0 Å². The summed E-state index contributed by atoms with van der Waals surface area (Å²) in [5.41, 5.74) is 0. The van der Waals surface area contributed by atoms with Crippen LogP contribution in [0.3, 0.4) is 0 Å². The summed E-state index contributed by atoms with van der Waals surface area (Å²) >= 11 is 3.20. The van der Waals surface area contributed by atoms with Gasteiger partial charge in [-0.25, -0.2) is 0 Å². The average Bonchev–Trinajstić information content (AvgIpc) is 1.88. The lowest BCUT2D eigenvalue weighted by Gasteiger charge is -2.05. The molecule has 0 aliphatic carbocycles. The number of amides is 1. The van der Waals surface area contributed by atoms with Gasteiger partial charge < -0.3 is 0 Å². The van der Waals surface area contributed by atoms with E-state index in [9.17, 15) is 4.79 Å². The molecule has 1 heterocycles. The first-order chi connectivity index (χ1) is 4.33. The molecule has 0 aromatic carbocycles. The van der Waals surface area contributed by atoms with E-state index in [1.807, 2.05) is 6.26 Å². The third kappa shape index (κ3) is 2.02. The van der Waals surface area contributed by atoms with Crippen LogP contribution in [-0.2, 0) is 4.79 Å². The van der Waals surface area contributed by atoms with Crippen molar-refractivity contribution >= 4 is 33.8 Å². The third-order valence-corrected chi connectivity index (χ3v) is 2.97. The molecular formula is C5H7NOS2. The molecule has 1 aliphatic heterocycles. The summed E-state index contributed by atoms with van der Waals surface area (Å²) in [6.07, 6.45) is 2.54. The van der Waals surface area contributed by atoms with Crippen LogP contribution in [0.4, 0.5) is 0 Å². The molecule has 0 atom stereocenters. The molecule has 4 heteroatoms. The number of thioether (sulfide) groups is 2. The minimum absolute atomic E-state index is 0.0260. The second kappa shape index (κ2) is 3.27. The summed E-state index contributed by atoms with van der Waals surface area (Å²) < 4.78 is 0.909. The standard InChI is InChI=1S/C5H7NOS2/c1-8-5-6-4(7)2-3-9-5/h2-3H2,1H3. The quantitative estimate of drug-likeness (QED) is 0.537. The van der Waals surface area contributed by atoms with E-state index in [1.165, 1.54) is 0 Å². The number of aliphatic imine (C=N–C) groups is 1. The smallest absolute Gasteiger partial charge is 0.248 e. The Labute approximate surface area is 62.5 Å². The monoisotopic (exact) mass is 161 g/mol. The molecule has 0 N–H and O–H groups in total. The van der Waals surface area contributed by atoms with Crippen LogP contribution in [0.1, 0.15) is 6.42 Å². The molecule has 2 nitrogen and oxygen atoms in total. The van der Waals surface area contributed by atoms with Gasteiger partial charge in [0.1, 0.15) is 4.38 Å². The maximum absolute atomic E-state index is 10.6. The fraction of sp³-hybridized carbons (Fsp3) is 0.600. The van der Waals surface area contributed by atoms with Gasteiger partial charge >= 0.3 is 0 Å². The maximum Gasteiger partial charge on any atom is 0.248 e. The molecule has 0 aromatic rings. The van der Waals surface area contributed by atoms with Gasteiger partial charge in [0.05, 0.1) is 0 Å². The molecule has 50 valence electrons. The number of carbonyl (C=O) groups is 1. The number of rotatable bonds is 0. The van der Waals surface area contributed by atoms with Crippen molar-refractivity contribution in [3.63, 3.8) is 0 Å². The fourth-order valence-electron chi connectivity index (χ4n) is 0.520. The number of nitrogens with zero attached hydrogens (tertiary/aromatic N) is 1. The highest BCUT2D eigenvalue weighted by Crippen LogP contribution is 2.19. The molecule has 0 spiro atoms. The van der Waals surface area contributed by atoms with Crippen molar-refractivity contribution in [1.29, 1.82) is 0 Å². The Balaban J connectivity index is 2.59. The van der Waals surface area contributed by atoms with Gasteiger partial charge in [0.2, 0.25) is 5.91 Å². The minimum atomic E-state index is 0.0260. The maximum atomic E-state index is 10.6. The number of carbonyl (C=O) groups excluding carboxylic acids is 1. The molecule has 9 heavy (non-hydrogen) atoms. The highest BCUT2D eigenvalue weighted by atomic mass is 32.2. The molecule has 0 saturated heterocycles. The van der Waals surface area contributed by atoms with Gasteiger partial charge in [0.15, 0.2) is 0 Å². The zero-order valence-electron chi connectivity index (χ0n) is 5.09. The van der Waals surface area contributed by atoms with Crippen LogP contribution < -0.4 is 0 Å². The van der Waals surface area contributed by atoms with E-state index < -0.39 is 0 Å². The lowest BCUT2D eigenvalue weighted by molar-refractivity contribution is -0.117. The third-order valence-electron chi connectivity index (χ3n) is 0.932.